The third-order valence-electron chi connectivity index (χ3n) is 5.68. The van der Waals surface area contributed by atoms with Gasteiger partial charge >= 0.3 is 0 Å². The maximum absolute atomic E-state index is 12.9. The van der Waals surface area contributed by atoms with E-state index >= 15 is 0 Å². The van der Waals surface area contributed by atoms with E-state index < -0.39 is 9.84 Å². The largest absolute Gasteiger partial charge is 0.394 e. The fraction of sp³-hybridized carbons (Fsp3) is 0.231. The molecule has 1 aliphatic heterocycles. The van der Waals surface area contributed by atoms with Gasteiger partial charge in [-0.1, -0.05) is 35.9 Å². The number of allylic oxidation sites excluding steroid dienone is 1. The van der Waals surface area contributed by atoms with Gasteiger partial charge in [0.05, 0.1) is 31.9 Å². The predicted octanol–water partition coefficient (Wildman–Crippen LogP) is 5.45. The number of carbonyl (C=O) groups excluding carboxylic acids is 1. The molecule has 4 rings (SSSR count). The standard InChI is InChI=1S/C26H26ClN3O3S2/c1-35(32,33)19-9-7-8-18(16-19)24-12-13-25(34-24)23(29-22-11-4-3-10-20(22)27)17-21(28)26(31)30-14-5-2-6-15-30/h3-4,7-13,16-17H,2,5-6,14-15,28H2,1H3. The zero-order chi connectivity index (χ0) is 25.0. The number of benzene rings is 2. The van der Waals surface area contributed by atoms with Crippen molar-refractivity contribution in [1.29, 1.82) is 0 Å². The van der Waals surface area contributed by atoms with Gasteiger partial charge in [-0.05, 0) is 67.3 Å². The highest BCUT2D eigenvalue weighted by molar-refractivity contribution is 7.90. The second kappa shape index (κ2) is 10.8. The van der Waals surface area contributed by atoms with Gasteiger partial charge in [-0.25, -0.2) is 13.4 Å². The summed E-state index contributed by atoms with van der Waals surface area (Å²) in [5, 5.41) is 0.483. The van der Waals surface area contributed by atoms with Crippen LogP contribution >= 0.6 is 22.9 Å². The van der Waals surface area contributed by atoms with Crippen LogP contribution in [0.15, 0.2) is 82.3 Å². The molecule has 0 atom stereocenters. The maximum Gasteiger partial charge on any atom is 0.269 e. The van der Waals surface area contributed by atoms with E-state index in [2.05, 4.69) is 0 Å². The number of nitrogens with zero attached hydrogens (tertiary/aromatic N) is 2. The zero-order valence-corrected chi connectivity index (χ0v) is 21.7. The van der Waals surface area contributed by atoms with Crippen molar-refractivity contribution in [3.05, 3.63) is 82.3 Å². The fourth-order valence-corrected chi connectivity index (χ4v) is 5.64. The Hall–Kier alpha value is -2.94. The highest BCUT2D eigenvalue weighted by Crippen LogP contribution is 2.32. The quantitative estimate of drug-likeness (QED) is 0.341. The van der Waals surface area contributed by atoms with E-state index in [1.165, 1.54) is 17.6 Å². The van der Waals surface area contributed by atoms with Gasteiger partial charge in [-0.2, -0.15) is 0 Å². The molecular formula is C26H26ClN3O3S2. The topological polar surface area (TPSA) is 92.8 Å². The number of amides is 1. The molecule has 0 saturated carbocycles. The smallest absolute Gasteiger partial charge is 0.269 e. The van der Waals surface area contributed by atoms with Gasteiger partial charge in [-0.15, -0.1) is 11.3 Å². The molecule has 2 N–H and O–H groups in total. The van der Waals surface area contributed by atoms with Gasteiger partial charge in [0.2, 0.25) is 0 Å². The van der Waals surface area contributed by atoms with Gasteiger partial charge in [0.25, 0.3) is 5.91 Å². The van der Waals surface area contributed by atoms with Crippen LogP contribution in [0, 0.1) is 0 Å². The van der Waals surface area contributed by atoms with E-state index in [1.54, 1.807) is 41.3 Å². The monoisotopic (exact) mass is 527 g/mol. The number of piperidine rings is 1. The van der Waals surface area contributed by atoms with Gasteiger partial charge in [0.1, 0.15) is 0 Å². The Bertz CT molecular complexity index is 1400. The van der Waals surface area contributed by atoms with Crippen molar-refractivity contribution >= 4 is 50.1 Å². The molecule has 1 fully saturated rings. The number of aliphatic imine (C=N–C) groups is 1. The molecule has 0 unspecified atom stereocenters. The Balaban J connectivity index is 1.73. The minimum Gasteiger partial charge on any atom is -0.394 e. The van der Waals surface area contributed by atoms with Gasteiger partial charge < -0.3 is 10.6 Å². The van der Waals surface area contributed by atoms with Crippen molar-refractivity contribution < 1.29 is 13.2 Å². The summed E-state index contributed by atoms with van der Waals surface area (Å²) < 4.78 is 24.0. The van der Waals surface area contributed by atoms with Crippen LogP contribution in [0.2, 0.25) is 5.02 Å². The lowest BCUT2D eigenvalue weighted by atomic mass is 10.1. The summed E-state index contributed by atoms with van der Waals surface area (Å²) in [4.78, 5) is 21.3. The van der Waals surface area contributed by atoms with Crippen molar-refractivity contribution in [2.75, 3.05) is 19.3 Å². The van der Waals surface area contributed by atoms with Crippen molar-refractivity contribution in [1.82, 2.24) is 4.90 Å². The van der Waals surface area contributed by atoms with E-state index in [-0.39, 0.29) is 16.5 Å². The van der Waals surface area contributed by atoms with Crippen molar-refractivity contribution in [2.24, 2.45) is 10.7 Å². The van der Waals surface area contributed by atoms with Crippen LogP contribution in [0.25, 0.3) is 10.4 Å². The predicted molar refractivity (Wildman–Crippen MR) is 143 cm³/mol. The summed E-state index contributed by atoms with van der Waals surface area (Å²) in [7, 11) is -3.33. The number of para-hydroxylation sites is 1. The van der Waals surface area contributed by atoms with E-state index in [4.69, 9.17) is 22.3 Å². The minimum absolute atomic E-state index is 0.117. The number of rotatable bonds is 6. The van der Waals surface area contributed by atoms with Crippen LogP contribution in [0.3, 0.4) is 0 Å². The lowest BCUT2D eigenvalue weighted by Gasteiger charge is -2.26. The number of thiophene rings is 1. The number of carbonyl (C=O) groups is 1. The molecule has 1 saturated heterocycles. The molecule has 9 heteroatoms. The normalized spacial score (nSPS) is 15.3. The molecule has 1 aliphatic rings. The van der Waals surface area contributed by atoms with Crippen molar-refractivity contribution in [3.63, 3.8) is 0 Å². The minimum atomic E-state index is -3.33. The van der Waals surface area contributed by atoms with E-state index in [0.29, 0.717) is 29.5 Å². The number of sulfone groups is 1. The van der Waals surface area contributed by atoms with Crippen LogP contribution in [0.4, 0.5) is 5.69 Å². The third kappa shape index (κ3) is 6.20. The second-order valence-electron chi connectivity index (χ2n) is 8.36. The van der Waals surface area contributed by atoms with Crippen LogP contribution < -0.4 is 5.73 Å². The second-order valence-corrected chi connectivity index (χ2v) is 11.9. The fourth-order valence-electron chi connectivity index (χ4n) is 3.83. The molecule has 6 nitrogen and oxygen atoms in total. The highest BCUT2D eigenvalue weighted by atomic mass is 35.5. The number of likely N-dealkylation sites (tertiary alicyclic amines) is 1. The summed E-state index contributed by atoms with van der Waals surface area (Å²) in [6.07, 6.45) is 5.85. The average molecular weight is 528 g/mol. The molecular weight excluding hydrogens is 502 g/mol. The van der Waals surface area contributed by atoms with Gasteiger partial charge in [0.15, 0.2) is 9.84 Å². The maximum atomic E-state index is 12.9. The molecule has 0 bridgehead atoms. The summed E-state index contributed by atoms with van der Waals surface area (Å²) in [5.74, 6) is -0.200. The number of nitrogens with two attached hydrogens (primary N) is 1. The SMILES string of the molecule is CS(=O)(=O)c1cccc(-c2ccc(C(C=C(N)C(=O)N3CCCCC3)=Nc3ccccc3Cl)s2)c1. The Labute approximate surface area is 214 Å². The molecule has 3 aromatic rings. The first-order valence-electron chi connectivity index (χ1n) is 11.2. The summed E-state index contributed by atoms with van der Waals surface area (Å²) in [5.41, 5.74) is 8.23. The number of halogens is 1. The molecule has 182 valence electrons. The first-order valence-corrected chi connectivity index (χ1v) is 14.3. The molecule has 2 aromatic carbocycles. The molecule has 0 radical (unpaired) electrons. The first-order chi connectivity index (χ1) is 16.7. The summed E-state index contributed by atoms with van der Waals surface area (Å²) in [6.45, 7) is 1.40. The summed E-state index contributed by atoms with van der Waals surface area (Å²) in [6, 6.07) is 17.8. The van der Waals surface area contributed by atoms with E-state index in [0.717, 1.165) is 34.6 Å². The van der Waals surface area contributed by atoms with E-state index in [9.17, 15) is 13.2 Å². The lowest BCUT2D eigenvalue weighted by Crippen LogP contribution is -2.38. The molecule has 2 heterocycles. The highest BCUT2D eigenvalue weighted by Gasteiger charge is 2.20. The molecule has 35 heavy (non-hydrogen) atoms. The lowest BCUT2D eigenvalue weighted by molar-refractivity contribution is -0.128. The Kier molecular flexibility index (Phi) is 7.74. The molecule has 1 amide bonds. The van der Waals surface area contributed by atoms with Crippen LogP contribution in [-0.4, -0.2) is 44.3 Å². The Morgan fingerprint density at radius 1 is 1.06 bits per heavy atom. The third-order valence-corrected chi connectivity index (χ3v) is 8.27. The molecule has 0 aliphatic carbocycles. The molecule has 0 spiro atoms. The van der Waals surface area contributed by atoms with Gasteiger partial charge in [-0.3, -0.25) is 4.79 Å². The van der Waals surface area contributed by atoms with Crippen molar-refractivity contribution in [3.8, 4) is 10.4 Å². The molecule has 1 aromatic heterocycles. The van der Waals surface area contributed by atoms with Crippen LogP contribution in [0.5, 0.6) is 0 Å². The number of hydrogen-bond donors (Lipinski definition) is 1. The number of hydrogen-bond acceptors (Lipinski definition) is 6. The average Bonchev–Trinajstić information content (AvgIpc) is 3.35. The zero-order valence-electron chi connectivity index (χ0n) is 19.3. The van der Waals surface area contributed by atoms with Crippen LogP contribution in [0.1, 0.15) is 24.1 Å². The van der Waals surface area contributed by atoms with Crippen LogP contribution in [-0.2, 0) is 14.6 Å². The van der Waals surface area contributed by atoms with Crippen molar-refractivity contribution in [2.45, 2.75) is 24.2 Å². The first kappa shape index (κ1) is 25.2. The van der Waals surface area contributed by atoms with Gasteiger partial charge in [0, 0.05) is 24.2 Å². The Morgan fingerprint density at radius 2 is 1.80 bits per heavy atom. The summed E-state index contributed by atoms with van der Waals surface area (Å²) >= 11 is 7.78. The van der Waals surface area contributed by atoms with E-state index in [1.807, 2.05) is 30.3 Å². The Morgan fingerprint density at radius 3 is 2.51 bits per heavy atom.